The van der Waals surface area contributed by atoms with Crippen LogP contribution in [0.5, 0.6) is 5.75 Å². The van der Waals surface area contributed by atoms with Gasteiger partial charge in [-0.25, -0.2) is 4.79 Å². The van der Waals surface area contributed by atoms with Gasteiger partial charge in [-0.2, -0.15) is 0 Å². The summed E-state index contributed by atoms with van der Waals surface area (Å²) in [5.41, 5.74) is 7.32. The molecule has 1 aliphatic heterocycles. The molecule has 128 valence electrons. The van der Waals surface area contributed by atoms with E-state index in [4.69, 9.17) is 9.15 Å². The Kier molecular flexibility index (Phi) is 3.87. The highest BCUT2D eigenvalue weighted by Gasteiger charge is 2.27. The zero-order chi connectivity index (χ0) is 17.6. The summed E-state index contributed by atoms with van der Waals surface area (Å²) in [4.78, 5) is 12.0. The molecular formula is C22H22O3. The molecule has 0 N–H and O–H groups in total. The van der Waals surface area contributed by atoms with E-state index < -0.39 is 0 Å². The standard InChI is InChI=1S/C22H22O3/c1-4-14-12-18(23)25-22-17-10-11-24-21(17)20(16(5-2)19(14)22)15-8-6-13(3)7-9-15/h6-9,12H,4-5,10-11H2,1-3H3. The van der Waals surface area contributed by atoms with E-state index in [-0.39, 0.29) is 5.63 Å². The molecule has 1 aromatic heterocycles. The maximum atomic E-state index is 12.0. The highest BCUT2D eigenvalue weighted by molar-refractivity contribution is 5.97. The van der Waals surface area contributed by atoms with Crippen molar-refractivity contribution in [3.8, 4) is 16.9 Å². The Morgan fingerprint density at radius 1 is 1.08 bits per heavy atom. The third-order valence-electron chi connectivity index (χ3n) is 5.09. The minimum Gasteiger partial charge on any atom is -0.492 e. The molecule has 3 nitrogen and oxygen atoms in total. The molecule has 3 aromatic rings. The second kappa shape index (κ2) is 6.07. The van der Waals surface area contributed by atoms with Crippen LogP contribution in [0.4, 0.5) is 0 Å². The molecule has 0 saturated carbocycles. The first-order valence-corrected chi connectivity index (χ1v) is 8.98. The predicted octanol–water partition coefficient (Wildman–Crippen LogP) is 4.83. The molecule has 25 heavy (non-hydrogen) atoms. The maximum Gasteiger partial charge on any atom is 0.336 e. The molecule has 3 heteroatoms. The number of aryl methyl sites for hydroxylation is 3. The lowest BCUT2D eigenvalue weighted by Crippen LogP contribution is -2.05. The van der Waals surface area contributed by atoms with Crippen LogP contribution in [0.3, 0.4) is 0 Å². The van der Waals surface area contributed by atoms with Crippen LogP contribution in [0, 0.1) is 6.92 Å². The smallest absolute Gasteiger partial charge is 0.336 e. The summed E-state index contributed by atoms with van der Waals surface area (Å²) in [6, 6.07) is 10.2. The second-order valence-electron chi connectivity index (χ2n) is 6.63. The van der Waals surface area contributed by atoms with E-state index in [0.717, 1.165) is 58.2 Å². The molecule has 2 aromatic carbocycles. The highest BCUT2D eigenvalue weighted by Crippen LogP contribution is 2.45. The monoisotopic (exact) mass is 334 g/mol. The summed E-state index contributed by atoms with van der Waals surface area (Å²) in [5.74, 6) is 0.893. The van der Waals surface area contributed by atoms with Crippen molar-refractivity contribution < 1.29 is 9.15 Å². The number of hydrogen-bond donors (Lipinski definition) is 0. The first-order chi connectivity index (χ1) is 12.1. The van der Waals surface area contributed by atoms with Crippen LogP contribution in [0.25, 0.3) is 22.1 Å². The van der Waals surface area contributed by atoms with E-state index in [1.165, 1.54) is 11.1 Å². The normalized spacial score (nSPS) is 13.1. The summed E-state index contributed by atoms with van der Waals surface area (Å²) in [7, 11) is 0. The van der Waals surface area contributed by atoms with Gasteiger partial charge >= 0.3 is 5.63 Å². The highest BCUT2D eigenvalue weighted by atomic mass is 16.5. The second-order valence-corrected chi connectivity index (χ2v) is 6.63. The molecule has 0 fully saturated rings. The Morgan fingerprint density at radius 2 is 1.84 bits per heavy atom. The van der Waals surface area contributed by atoms with Gasteiger partial charge in [0.1, 0.15) is 11.3 Å². The summed E-state index contributed by atoms with van der Waals surface area (Å²) in [5, 5.41) is 1.10. The number of benzene rings is 2. The molecule has 1 aliphatic rings. The lowest BCUT2D eigenvalue weighted by molar-refractivity contribution is 0.358. The Morgan fingerprint density at radius 3 is 2.52 bits per heavy atom. The molecule has 2 heterocycles. The van der Waals surface area contributed by atoms with Crippen molar-refractivity contribution in [3.05, 3.63) is 63.0 Å². The summed E-state index contributed by atoms with van der Waals surface area (Å²) in [6.45, 7) is 6.97. The quantitative estimate of drug-likeness (QED) is 0.644. The van der Waals surface area contributed by atoms with Crippen LogP contribution in [0.15, 0.2) is 39.5 Å². The van der Waals surface area contributed by atoms with Crippen molar-refractivity contribution in [2.45, 2.75) is 40.0 Å². The minimum absolute atomic E-state index is 0.274. The van der Waals surface area contributed by atoms with Gasteiger partial charge in [-0.1, -0.05) is 43.7 Å². The largest absolute Gasteiger partial charge is 0.492 e. The molecular weight excluding hydrogens is 312 g/mol. The Bertz CT molecular complexity index is 1010. The lowest BCUT2D eigenvalue weighted by Gasteiger charge is -2.18. The van der Waals surface area contributed by atoms with Crippen LogP contribution < -0.4 is 10.4 Å². The first-order valence-electron chi connectivity index (χ1n) is 8.98. The molecule has 0 radical (unpaired) electrons. The zero-order valence-corrected chi connectivity index (χ0v) is 14.9. The van der Waals surface area contributed by atoms with Gasteiger partial charge in [0.15, 0.2) is 0 Å². The van der Waals surface area contributed by atoms with Crippen LogP contribution in [0.1, 0.15) is 36.1 Å². The number of ether oxygens (including phenoxy) is 1. The van der Waals surface area contributed by atoms with Crippen molar-refractivity contribution in [1.29, 1.82) is 0 Å². The van der Waals surface area contributed by atoms with Gasteiger partial charge in [-0.3, -0.25) is 0 Å². The van der Waals surface area contributed by atoms with E-state index in [9.17, 15) is 4.79 Å². The SMILES string of the molecule is CCc1cc(=O)oc2c3c(c(-c4ccc(C)cc4)c(CC)c12)OCC3. The topological polar surface area (TPSA) is 39.4 Å². The van der Waals surface area contributed by atoms with Crippen LogP contribution in [0.2, 0.25) is 0 Å². The molecule has 0 bridgehead atoms. The summed E-state index contributed by atoms with van der Waals surface area (Å²) >= 11 is 0. The fourth-order valence-corrected chi connectivity index (χ4v) is 3.90. The van der Waals surface area contributed by atoms with Gasteiger partial charge in [0.25, 0.3) is 0 Å². The van der Waals surface area contributed by atoms with Crippen molar-refractivity contribution in [2.24, 2.45) is 0 Å². The van der Waals surface area contributed by atoms with Gasteiger partial charge in [0.2, 0.25) is 0 Å². The summed E-state index contributed by atoms with van der Waals surface area (Å²) in [6.07, 6.45) is 2.45. The fraction of sp³-hybridized carbons (Fsp3) is 0.318. The van der Waals surface area contributed by atoms with Gasteiger partial charge in [-0.15, -0.1) is 0 Å². The van der Waals surface area contributed by atoms with E-state index in [1.807, 2.05) is 0 Å². The molecule has 0 saturated heterocycles. The number of hydrogen-bond acceptors (Lipinski definition) is 3. The van der Waals surface area contributed by atoms with Crippen molar-refractivity contribution >= 4 is 11.0 Å². The van der Waals surface area contributed by atoms with E-state index in [0.29, 0.717) is 6.61 Å². The molecule has 0 spiro atoms. The van der Waals surface area contributed by atoms with Gasteiger partial charge < -0.3 is 9.15 Å². The third kappa shape index (κ3) is 2.46. The average molecular weight is 334 g/mol. The molecule has 0 amide bonds. The first kappa shape index (κ1) is 15.9. The average Bonchev–Trinajstić information content (AvgIpc) is 3.10. The van der Waals surface area contributed by atoms with Crippen LogP contribution in [-0.2, 0) is 19.3 Å². The van der Waals surface area contributed by atoms with Crippen LogP contribution >= 0.6 is 0 Å². The maximum absolute atomic E-state index is 12.0. The molecule has 0 atom stereocenters. The fourth-order valence-electron chi connectivity index (χ4n) is 3.90. The minimum atomic E-state index is -0.274. The Labute approximate surface area is 147 Å². The van der Waals surface area contributed by atoms with Crippen LogP contribution in [-0.4, -0.2) is 6.61 Å². The number of rotatable bonds is 3. The third-order valence-corrected chi connectivity index (χ3v) is 5.09. The summed E-state index contributed by atoms with van der Waals surface area (Å²) < 4.78 is 11.7. The van der Waals surface area contributed by atoms with Gasteiger partial charge in [-0.05, 0) is 36.5 Å². The molecule has 4 rings (SSSR count). The van der Waals surface area contributed by atoms with Gasteiger partial charge in [0, 0.05) is 29.0 Å². The molecule has 0 aliphatic carbocycles. The van der Waals surface area contributed by atoms with E-state index >= 15 is 0 Å². The van der Waals surface area contributed by atoms with E-state index in [2.05, 4.69) is 45.0 Å². The van der Waals surface area contributed by atoms with Crippen molar-refractivity contribution in [1.82, 2.24) is 0 Å². The predicted molar refractivity (Wildman–Crippen MR) is 101 cm³/mol. The van der Waals surface area contributed by atoms with E-state index in [1.54, 1.807) is 6.07 Å². The Balaban J connectivity index is 2.18. The van der Waals surface area contributed by atoms with Crippen molar-refractivity contribution in [3.63, 3.8) is 0 Å². The zero-order valence-electron chi connectivity index (χ0n) is 14.9. The Hall–Kier alpha value is -2.55. The lowest BCUT2D eigenvalue weighted by atomic mass is 9.88. The molecule has 0 unspecified atom stereocenters. The van der Waals surface area contributed by atoms with Crippen molar-refractivity contribution in [2.75, 3.05) is 6.61 Å². The van der Waals surface area contributed by atoms with Gasteiger partial charge in [0.05, 0.1) is 6.61 Å². The number of fused-ring (bicyclic) bond motifs is 3.